The summed E-state index contributed by atoms with van der Waals surface area (Å²) in [5.74, 6) is 1.19. The molecular formula is C25H29CaCl2N5O7. The molecule has 40 heavy (non-hydrogen) atoms. The minimum Gasteiger partial charge on any atom is -0.769 e. The van der Waals surface area contributed by atoms with Gasteiger partial charge in [0.25, 0.3) is 5.56 Å². The van der Waals surface area contributed by atoms with Crippen LogP contribution >= 0.6 is 23.7 Å². The topological polar surface area (TPSA) is 161 Å². The van der Waals surface area contributed by atoms with E-state index in [1.165, 1.54) is 29.1 Å². The molecule has 2 aliphatic carbocycles. The van der Waals surface area contributed by atoms with Gasteiger partial charge in [-0.05, 0) is 38.1 Å². The monoisotopic (exact) mass is 621 g/mol. The molecule has 5 atom stereocenters. The number of aromatic hydroxyl groups is 1. The fraction of sp³-hybridized carbons (Fsp3) is 0.480. The van der Waals surface area contributed by atoms with Gasteiger partial charge in [-0.3, -0.25) is 13.9 Å². The van der Waals surface area contributed by atoms with Gasteiger partial charge in [-0.25, -0.2) is 33.5 Å². The van der Waals surface area contributed by atoms with Crippen LogP contribution in [0.5, 0.6) is 11.5 Å². The van der Waals surface area contributed by atoms with Crippen LogP contribution < -0.4 is 25.3 Å². The Morgan fingerprint density at radius 3 is 2.42 bits per heavy atom. The molecular weight excluding hydrogens is 593 g/mol. The van der Waals surface area contributed by atoms with E-state index < -0.39 is 6.10 Å². The van der Waals surface area contributed by atoms with Crippen molar-refractivity contribution in [3.63, 3.8) is 0 Å². The van der Waals surface area contributed by atoms with Crippen molar-refractivity contribution in [2.45, 2.75) is 36.5 Å². The maximum atomic E-state index is 11.7. The summed E-state index contributed by atoms with van der Waals surface area (Å²) < 4.78 is 25.6. The molecule has 1 aromatic carbocycles. The fourth-order valence-electron chi connectivity index (χ4n) is 6.71. The molecule has 2 aliphatic heterocycles. The second-order valence-corrected chi connectivity index (χ2v) is 10.2. The standard InChI is InChI=1S/C17H19NO3.C8H10N4O2.Ca.2ClO/c1-18-7-6-17-10-3-5-13(20)16(17)21-15-12(19)4-2-9(14(15)17)8-11(10)18;1-10-4-9-6-5(10)7(13)12(3)8(14)11(6)2;;2*1-2/h2-5,10-11,13,16,19-20H,6-8H2,1H3;4H,1-3H3;;;/q;;+2;2*-1/t10-,11+,13-,16-,17-;;;;/m0..../s1. The van der Waals surface area contributed by atoms with Crippen molar-refractivity contribution in [2.75, 3.05) is 13.6 Å². The average molecular weight is 623 g/mol. The summed E-state index contributed by atoms with van der Waals surface area (Å²) in [4.78, 5) is 29.6. The van der Waals surface area contributed by atoms with E-state index in [0.717, 1.165) is 24.0 Å². The van der Waals surface area contributed by atoms with E-state index in [2.05, 4.69) is 46.7 Å². The molecule has 2 aromatic heterocycles. The molecule has 2 bridgehead atoms. The van der Waals surface area contributed by atoms with Gasteiger partial charge in [-0.15, -0.1) is 0 Å². The molecule has 1 saturated heterocycles. The molecule has 2 N–H and O–H groups in total. The first kappa shape index (κ1) is 32.9. The largest absolute Gasteiger partial charge is 2.00 e. The number of phenolic OH excluding ortho intramolecular Hbond substituents is 1. The van der Waals surface area contributed by atoms with Crippen molar-refractivity contribution < 1.29 is 24.3 Å². The Balaban J connectivity index is 0.000000204. The zero-order valence-corrected chi connectivity index (χ0v) is 26.2. The number of aliphatic hydroxyl groups is 1. The third-order valence-corrected chi connectivity index (χ3v) is 8.47. The maximum Gasteiger partial charge on any atom is 2.00 e. The van der Waals surface area contributed by atoms with E-state index in [4.69, 9.17) is 14.1 Å². The van der Waals surface area contributed by atoms with Gasteiger partial charge in [0.15, 0.2) is 22.7 Å². The Kier molecular flexibility index (Phi) is 10.5. The average Bonchev–Trinajstić information content (AvgIpc) is 3.52. The normalized spacial score (nSPS) is 26.5. The minimum absolute atomic E-state index is 0. The van der Waals surface area contributed by atoms with Gasteiger partial charge < -0.3 is 33.7 Å². The number of fused-ring (bicyclic) bond motifs is 1. The van der Waals surface area contributed by atoms with Crippen LogP contribution in [-0.4, -0.2) is 103 Å². The number of benzene rings is 1. The second-order valence-electron chi connectivity index (χ2n) is 10.2. The number of hydrogen-bond acceptors (Lipinski definition) is 9. The summed E-state index contributed by atoms with van der Waals surface area (Å²) in [5, 5.41) is 20.6. The summed E-state index contributed by atoms with van der Waals surface area (Å²) in [6.07, 6.45) is 6.70. The van der Waals surface area contributed by atoms with Crippen molar-refractivity contribution in [1.82, 2.24) is 23.6 Å². The Morgan fingerprint density at radius 2 is 1.75 bits per heavy atom. The molecule has 7 rings (SSSR count). The minimum atomic E-state index is -0.594. The van der Waals surface area contributed by atoms with Gasteiger partial charge >= 0.3 is 43.4 Å². The van der Waals surface area contributed by atoms with E-state index in [1.807, 2.05) is 12.1 Å². The molecule has 0 amide bonds. The fourth-order valence-corrected chi connectivity index (χ4v) is 6.71. The quantitative estimate of drug-likeness (QED) is 0.232. The van der Waals surface area contributed by atoms with Gasteiger partial charge in [0.1, 0.15) is 12.2 Å². The SMILES string of the molecule is CN1CC[C@]23c4c5ccc(O)c4O[C@H]2[C@@H](O)C=C[C@H]3[C@H]1C5.Cn1c(=O)c2c(ncn2C)n(C)c1=O.[Ca+2].[O-]Cl.[O-]Cl. The zero-order valence-electron chi connectivity index (χ0n) is 22.5. The van der Waals surface area contributed by atoms with E-state index >= 15 is 0 Å². The van der Waals surface area contributed by atoms with Crippen LogP contribution in [0.4, 0.5) is 0 Å². The van der Waals surface area contributed by atoms with E-state index in [1.54, 1.807) is 24.7 Å². The molecule has 12 nitrogen and oxygen atoms in total. The maximum absolute atomic E-state index is 11.7. The molecule has 1 spiro atoms. The predicted octanol–water partition coefficient (Wildman–Crippen LogP) is -1.21. The van der Waals surface area contributed by atoms with Gasteiger partial charge in [0.05, 0.1) is 6.33 Å². The molecule has 212 valence electrons. The van der Waals surface area contributed by atoms with Crippen molar-refractivity contribution in [2.24, 2.45) is 27.1 Å². The number of aromatic nitrogens is 4. The van der Waals surface area contributed by atoms with Crippen molar-refractivity contribution in [1.29, 1.82) is 0 Å². The van der Waals surface area contributed by atoms with Crippen LogP contribution in [0.25, 0.3) is 11.2 Å². The van der Waals surface area contributed by atoms with Gasteiger partial charge in [0.2, 0.25) is 0 Å². The summed E-state index contributed by atoms with van der Waals surface area (Å²) >= 11 is 6.78. The molecule has 0 unspecified atom stereocenters. The molecule has 3 aromatic rings. The summed E-state index contributed by atoms with van der Waals surface area (Å²) in [6, 6.07) is 4.23. The van der Waals surface area contributed by atoms with Gasteiger partial charge in [0, 0.05) is 44.1 Å². The summed E-state index contributed by atoms with van der Waals surface area (Å²) in [6.45, 7) is 1.01. The molecule has 0 radical (unpaired) electrons. The van der Waals surface area contributed by atoms with E-state index in [-0.39, 0.29) is 66.3 Å². The van der Waals surface area contributed by atoms with Gasteiger partial charge in [-0.2, -0.15) is 0 Å². The Hall–Kier alpha value is -1.61. The number of likely N-dealkylation sites (N-methyl/N-ethyl adjacent to an activating group) is 1. The molecule has 1 fully saturated rings. The number of halogens is 2. The first-order valence-electron chi connectivity index (χ1n) is 12.1. The number of rotatable bonds is 0. The third-order valence-electron chi connectivity index (χ3n) is 8.47. The van der Waals surface area contributed by atoms with Crippen LogP contribution in [0.3, 0.4) is 0 Å². The smallest absolute Gasteiger partial charge is 0.769 e. The number of aryl methyl sites for hydroxylation is 2. The van der Waals surface area contributed by atoms with Crippen LogP contribution in [0.15, 0.2) is 40.2 Å². The zero-order chi connectivity index (χ0) is 28.8. The van der Waals surface area contributed by atoms with Crippen LogP contribution in [-0.2, 0) is 33.0 Å². The van der Waals surface area contributed by atoms with E-state index in [9.17, 15) is 19.8 Å². The number of aliphatic hydroxyl groups excluding tert-OH is 1. The third kappa shape index (κ3) is 4.81. The van der Waals surface area contributed by atoms with Crippen molar-refractivity contribution >= 4 is 72.6 Å². The van der Waals surface area contributed by atoms with Crippen LogP contribution in [0.2, 0.25) is 0 Å². The summed E-state index contributed by atoms with van der Waals surface area (Å²) in [5.41, 5.74) is 2.47. The number of likely N-dealkylation sites (tertiary alicyclic amines) is 1. The van der Waals surface area contributed by atoms with Crippen molar-refractivity contribution in [3.05, 3.63) is 62.6 Å². The number of hydrogen-bond donors (Lipinski definition) is 2. The number of nitrogens with zero attached hydrogens (tertiary/aromatic N) is 5. The van der Waals surface area contributed by atoms with E-state index in [0.29, 0.717) is 28.9 Å². The summed E-state index contributed by atoms with van der Waals surface area (Å²) in [7, 11) is 6.96. The first-order chi connectivity index (χ1) is 18.7. The molecule has 0 saturated carbocycles. The first-order valence-corrected chi connectivity index (χ1v) is 12.7. The number of imidazole rings is 1. The van der Waals surface area contributed by atoms with Crippen LogP contribution in [0, 0.1) is 5.92 Å². The molecule has 4 heterocycles. The Labute approximate surface area is 270 Å². The second kappa shape index (κ2) is 12.7. The number of piperidine rings is 1. The molecule has 15 heteroatoms. The number of phenols is 1. The van der Waals surface area contributed by atoms with Gasteiger partial charge in [-0.1, -0.05) is 18.2 Å². The van der Waals surface area contributed by atoms with Crippen molar-refractivity contribution in [3.8, 4) is 11.5 Å². The predicted molar refractivity (Wildman–Crippen MR) is 146 cm³/mol. The Bertz CT molecular complexity index is 1540. The number of ether oxygens (including phenoxy) is 1. The molecule has 4 aliphatic rings. The van der Waals surface area contributed by atoms with Crippen LogP contribution in [0.1, 0.15) is 17.5 Å². The Morgan fingerprint density at radius 1 is 1.07 bits per heavy atom.